The monoisotopic (exact) mass is 1040 g/mol. The van der Waals surface area contributed by atoms with Crippen LogP contribution in [-0.4, -0.2) is 160 Å². The maximum atomic E-state index is 14.5. The summed E-state index contributed by atoms with van der Waals surface area (Å²) in [5, 5.41) is 1.75. The summed E-state index contributed by atoms with van der Waals surface area (Å²) in [6.07, 6.45) is -43.2. The molecule has 2 saturated heterocycles. The lowest BCUT2D eigenvalue weighted by atomic mass is 9.98. The number of alkyl halides is 28. The molecular weight excluding hydrogens is 1010 g/mol. The molecule has 388 valence electrons. The van der Waals surface area contributed by atoms with Gasteiger partial charge >= 0.3 is 84.4 Å². The fraction of sp³-hybridized carbons (Fsp3) is 0.923. The van der Waals surface area contributed by atoms with Crippen molar-refractivity contribution >= 4 is 11.8 Å². The number of morpholine rings is 2. The third-order valence-electron chi connectivity index (χ3n) is 8.11. The molecule has 2 atom stereocenters. The van der Waals surface area contributed by atoms with Crippen LogP contribution < -0.4 is 20.4 Å². The van der Waals surface area contributed by atoms with Gasteiger partial charge in [-0.25, -0.2) is 18.3 Å². The van der Waals surface area contributed by atoms with Crippen molar-refractivity contribution in [3.63, 3.8) is 0 Å². The first kappa shape index (κ1) is 61.7. The van der Waals surface area contributed by atoms with Crippen molar-refractivity contribution in [1.82, 2.24) is 20.4 Å². The molecule has 2 amide bonds. The topological polar surface area (TPSA) is 121 Å². The zero-order chi connectivity index (χ0) is 51.5. The van der Waals surface area contributed by atoms with E-state index in [1.807, 2.05) is 9.47 Å². The fourth-order valence-corrected chi connectivity index (χ4v) is 4.86. The summed E-state index contributed by atoms with van der Waals surface area (Å²) < 4.78 is 383. The predicted molar refractivity (Wildman–Crippen MR) is 146 cm³/mol. The standard InChI is InChI=1S/2C13H13F14N3O2.O/c2*1-29(2)5-3-4-28-6(31)7(14,8(15,16)17)9(18,19)30-10(20,21)12(24,25)32-13(26,27)11(30,22)23;/h2*3-5H2,1-2H3,(H,28,31);/q;;-2/p+2. The third-order valence-corrected chi connectivity index (χ3v) is 8.11. The highest BCUT2D eigenvalue weighted by molar-refractivity contribution is 5.88. The highest BCUT2D eigenvalue weighted by Crippen LogP contribution is 2.64. The van der Waals surface area contributed by atoms with Crippen LogP contribution in [0.1, 0.15) is 12.8 Å². The van der Waals surface area contributed by atoms with E-state index in [1.54, 1.807) is 0 Å². The molecule has 2 aliphatic rings. The van der Waals surface area contributed by atoms with Gasteiger partial charge in [0, 0.05) is 25.9 Å². The first-order valence-corrected chi connectivity index (χ1v) is 16.3. The summed E-state index contributed by atoms with van der Waals surface area (Å²) in [4.78, 5) is 16.3. The number of rotatable bonds is 14. The lowest BCUT2D eigenvalue weighted by molar-refractivity contribution is -0.858. The van der Waals surface area contributed by atoms with Crippen LogP contribution in [0, 0.1) is 0 Å². The number of hydrogen-bond acceptors (Lipinski definition) is 6. The van der Waals surface area contributed by atoms with Crippen molar-refractivity contribution in [2.45, 2.75) is 97.2 Å². The Morgan fingerprint density at radius 3 is 0.815 bits per heavy atom. The summed E-state index contributed by atoms with van der Waals surface area (Å²) >= 11 is 0. The zero-order valence-corrected chi connectivity index (χ0v) is 31.8. The van der Waals surface area contributed by atoms with Crippen LogP contribution in [0.5, 0.6) is 0 Å². The number of carbonyl (C=O) groups is 2. The second-order valence-electron chi connectivity index (χ2n) is 13.6. The molecule has 2 heterocycles. The Morgan fingerprint density at radius 2 is 0.646 bits per heavy atom. The lowest BCUT2D eigenvalue weighted by Gasteiger charge is -2.51. The average molecular weight is 1040 g/mol. The quantitative estimate of drug-likeness (QED) is 0.117. The molecule has 0 aromatic carbocycles. The lowest BCUT2D eigenvalue weighted by Crippen LogP contribution is -3.05. The number of carbonyl (C=O) groups excluding carboxylic acids is 2. The van der Waals surface area contributed by atoms with Crippen molar-refractivity contribution in [1.29, 1.82) is 0 Å². The Kier molecular flexibility index (Phi) is 17.4. The molecule has 0 aromatic rings. The normalized spacial score (nSPS) is 24.4. The maximum absolute atomic E-state index is 14.5. The molecule has 2 aliphatic heterocycles. The van der Waals surface area contributed by atoms with E-state index in [0.717, 1.165) is 10.6 Å². The molecule has 2 unspecified atom stereocenters. The smallest absolute Gasteiger partial charge is 0.439 e. The van der Waals surface area contributed by atoms with E-state index in [0.29, 0.717) is 9.80 Å². The minimum absolute atomic E-state index is 0. The van der Waals surface area contributed by atoms with Gasteiger partial charge in [-0.2, -0.15) is 114 Å². The van der Waals surface area contributed by atoms with Gasteiger partial charge in [0.05, 0.1) is 41.3 Å². The van der Waals surface area contributed by atoms with Gasteiger partial charge in [-0.15, -0.1) is 9.80 Å². The van der Waals surface area contributed by atoms with Gasteiger partial charge in [-0.3, -0.25) is 9.59 Å². The van der Waals surface area contributed by atoms with Gasteiger partial charge in [0.15, 0.2) is 0 Å². The van der Waals surface area contributed by atoms with Gasteiger partial charge in [-0.05, 0) is 0 Å². The molecule has 0 aliphatic carbocycles. The van der Waals surface area contributed by atoms with E-state index in [-0.39, 0.29) is 31.4 Å². The van der Waals surface area contributed by atoms with E-state index in [9.17, 15) is 133 Å². The van der Waals surface area contributed by atoms with Crippen molar-refractivity contribution in [2.24, 2.45) is 0 Å². The number of amides is 2. The Hall–Kier alpha value is -3.30. The van der Waals surface area contributed by atoms with E-state index in [4.69, 9.17) is 0 Å². The summed E-state index contributed by atoms with van der Waals surface area (Å²) in [6, 6.07) is -44.9. The van der Waals surface area contributed by atoms with Crippen LogP contribution in [-0.2, 0) is 24.5 Å². The van der Waals surface area contributed by atoms with Gasteiger partial charge in [0.25, 0.3) is 11.8 Å². The maximum Gasteiger partial charge on any atom is 0.439 e. The minimum Gasteiger partial charge on any atom is -2.00 e. The largest absolute Gasteiger partial charge is 2.00 e. The summed E-state index contributed by atoms with van der Waals surface area (Å²) in [6.45, 7) is -2.05. The first-order chi connectivity index (χ1) is 27.8. The predicted octanol–water partition coefficient (Wildman–Crippen LogP) is 4.29. The molecule has 2 fully saturated rings. The number of halogens is 28. The molecule has 39 heteroatoms. The van der Waals surface area contributed by atoms with Crippen molar-refractivity contribution < 1.29 is 157 Å². The number of nitrogens with one attached hydrogen (secondary N) is 4. The number of ether oxygens (including phenoxy) is 2. The molecule has 0 bridgehead atoms. The third kappa shape index (κ3) is 10.3. The average Bonchev–Trinajstić information content (AvgIpc) is 3.03. The molecule has 0 spiro atoms. The summed E-state index contributed by atoms with van der Waals surface area (Å²) in [5.41, 5.74) is -14.2. The van der Waals surface area contributed by atoms with E-state index >= 15 is 0 Å². The Labute approximate surface area is 342 Å². The fourth-order valence-electron chi connectivity index (χ4n) is 4.86. The SMILES string of the molecule is C[NH+](C)CCCNC(=O)C(F)(C(F)(F)F)C(F)(F)N1C(F)(F)C(F)(F)OC(F)(F)C1(F)F.C[NH+](C)CCCNC(=O)C(F)(C(F)(F)F)C(F)(F)N1C(F)(F)C(F)(F)OC(F)(F)C1(F)F.[O-2]. The minimum atomic E-state index is -7.72. The van der Waals surface area contributed by atoms with E-state index < -0.39 is 119 Å². The van der Waals surface area contributed by atoms with Gasteiger partial charge < -0.3 is 25.9 Å². The van der Waals surface area contributed by atoms with E-state index in [2.05, 4.69) is 0 Å². The van der Waals surface area contributed by atoms with Crippen LogP contribution in [0.3, 0.4) is 0 Å². The Balaban J connectivity index is 0.00000124. The van der Waals surface area contributed by atoms with Crippen LogP contribution in [0.4, 0.5) is 123 Å². The molecule has 0 aromatic heterocycles. The Morgan fingerprint density at radius 1 is 0.446 bits per heavy atom. The second-order valence-corrected chi connectivity index (χ2v) is 13.6. The van der Waals surface area contributed by atoms with Crippen molar-refractivity contribution in [3.05, 3.63) is 0 Å². The van der Waals surface area contributed by atoms with Crippen molar-refractivity contribution in [3.8, 4) is 0 Å². The van der Waals surface area contributed by atoms with E-state index in [1.165, 1.54) is 28.2 Å². The van der Waals surface area contributed by atoms with Gasteiger partial charge in [0.1, 0.15) is 0 Å². The first-order valence-electron chi connectivity index (χ1n) is 16.3. The van der Waals surface area contributed by atoms with Crippen LogP contribution in [0.2, 0.25) is 0 Å². The van der Waals surface area contributed by atoms with Crippen molar-refractivity contribution in [2.75, 3.05) is 54.4 Å². The molecule has 11 nitrogen and oxygen atoms in total. The molecule has 4 N–H and O–H groups in total. The molecule has 2 rings (SSSR count). The highest BCUT2D eigenvalue weighted by atomic mass is 19.4. The zero-order valence-electron chi connectivity index (χ0n) is 31.8. The second kappa shape index (κ2) is 18.3. The number of nitrogens with zero attached hydrogens (tertiary/aromatic N) is 2. The van der Waals surface area contributed by atoms with Crippen LogP contribution >= 0.6 is 0 Å². The van der Waals surface area contributed by atoms with Gasteiger partial charge in [0.2, 0.25) is 0 Å². The number of hydrogen-bond donors (Lipinski definition) is 4. The molecular formula is C26H28F28N6O5. The molecule has 0 radical (unpaired) electrons. The highest BCUT2D eigenvalue weighted by Gasteiger charge is 2.94. The summed E-state index contributed by atoms with van der Waals surface area (Å²) in [7, 11) is 5.87. The summed E-state index contributed by atoms with van der Waals surface area (Å²) in [5.74, 6) is -7.12. The Bertz CT molecular complexity index is 1490. The number of quaternary nitrogens is 2. The van der Waals surface area contributed by atoms with Crippen LogP contribution in [0.25, 0.3) is 0 Å². The van der Waals surface area contributed by atoms with Gasteiger partial charge in [-0.1, -0.05) is 0 Å². The molecule has 0 saturated carbocycles. The van der Waals surface area contributed by atoms with Crippen LogP contribution in [0.15, 0.2) is 0 Å². The molecule has 65 heavy (non-hydrogen) atoms.